The van der Waals surface area contributed by atoms with Gasteiger partial charge in [-0.05, 0) is 18.5 Å². The SMILES string of the molecule is Cl.Cl.OC1(CNCc2ccccc2)CCNC1. The summed E-state index contributed by atoms with van der Waals surface area (Å²) >= 11 is 0. The van der Waals surface area contributed by atoms with Crippen molar-refractivity contribution in [1.29, 1.82) is 0 Å². The van der Waals surface area contributed by atoms with Gasteiger partial charge in [0.2, 0.25) is 0 Å². The van der Waals surface area contributed by atoms with Gasteiger partial charge >= 0.3 is 0 Å². The van der Waals surface area contributed by atoms with E-state index in [-0.39, 0.29) is 24.8 Å². The van der Waals surface area contributed by atoms with Crippen LogP contribution in [-0.4, -0.2) is 30.3 Å². The van der Waals surface area contributed by atoms with E-state index >= 15 is 0 Å². The third-order valence-corrected chi connectivity index (χ3v) is 2.85. The van der Waals surface area contributed by atoms with Gasteiger partial charge in [-0.2, -0.15) is 0 Å². The molecule has 98 valence electrons. The van der Waals surface area contributed by atoms with Crippen LogP contribution in [0.4, 0.5) is 0 Å². The number of benzene rings is 1. The zero-order chi connectivity index (χ0) is 10.6. The van der Waals surface area contributed by atoms with E-state index in [2.05, 4.69) is 22.8 Å². The van der Waals surface area contributed by atoms with Gasteiger partial charge in [0.15, 0.2) is 0 Å². The molecule has 3 nitrogen and oxygen atoms in total. The summed E-state index contributed by atoms with van der Waals surface area (Å²) in [4.78, 5) is 0. The Morgan fingerprint density at radius 3 is 2.53 bits per heavy atom. The molecule has 3 N–H and O–H groups in total. The van der Waals surface area contributed by atoms with Gasteiger partial charge in [0.05, 0.1) is 5.60 Å². The molecule has 1 aromatic rings. The highest BCUT2D eigenvalue weighted by atomic mass is 35.5. The lowest BCUT2D eigenvalue weighted by Gasteiger charge is -2.21. The Bertz CT molecular complexity index is 303. The van der Waals surface area contributed by atoms with Crippen molar-refractivity contribution in [2.45, 2.75) is 18.6 Å². The van der Waals surface area contributed by atoms with Gasteiger partial charge in [-0.3, -0.25) is 0 Å². The van der Waals surface area contributed by atoms with Crippen molar-refractivity contribution in [2.24, 2.45) is 0 Å². The maximum absolute atomic E-state index is 10.0. The molecule has 1 fully saturated rings. The Kier molecular flexibility index (Phi) is 7.75. The minimum absolute atomic E-state index is 0. The Hall–Kier alpha value is -0.320. The minimum atomic E-state index is -0.547. The van der Waals surface area contributed by atoms with Crippen LogP contribution in [-0.2, 0) is 6.54 Å². The van der Waals surface area contributed by atoms with Gasteiger partial charge in [-0.15, -0.1) is 24.8 Å². The van der Waals surface area contributed by atoms with Gasteiger partial charge in [-0.1, -0.05) is 30.3 Å². The predicted molar refractivity (Wildman–Crippen MR) is 75.1 cm³/mol. The maximum Gasteiger partial charge on any atom is 0.0907 e. The quantitative estimate of drug-likeness (QED) is 0.779. The Labute approximate surface area is 115 Å². The molecule has 2 rings (SSSR count). The van der Waals surface area contributed by atoms with E-state index < -0.39 is 5.60 Å². The number of halogens is 2. The zero-order valence-corrected chi connectivity index (χ0v) is 11.3. The third-order valence-electron chi connectivity index (χ3n) is 2.85. The van der Waals surface area contributed by atoms with E-state index in [9.17, 15) is 5.11 Å². The van der Waals surface area contributed by atoms with Crippen LogP contribution in [0.5, 0.6) is 0 Å². The van der Waals surface area contributed by atoms with Gasteiger partial charge in [0, 0.05) is 19.6 Å². The van der Waals surface area contributed by atoms with E-state index in [4.69, 9.17) is 0 Å². The van der Waals surface area contributed by atoms with E-state index in [0.717, 1.165) is 19.5 Å². The molecule has 1 aliphatic rings. The van der Waals surface area contributed by atoms with E-state index in [1.54, 1.807) is 0 Å². The highest BCUT2D eigenvalue weighted by molar-refractivity contribution is 5.85. The average molecular weight is 279 g/mol. The summed E-state index contributed by atoms with van der Waals surface area (Å²) < 4.78 is 0. The fraction of sp³-hybridized carbons (Fsp3) is 0.500. The molecular formula is C12H20Cl2N2O. The maximum atomic E-state index is 10.0. The Morgan fingerprint density at radius 2 is 1.94 bits per heavy atom. The van der Waals surface area contributed by atoms with Gasteiger partial charge in [0.1, 0.15) is 0 Å². The molecule has 0 spiro atoms. The molecule has 17 heavy (non-hydrogen) atoms. The molecule has 1 atom stereocenters. The van der Waals surface area contributed by atoms with Crippen LogP contribution in [0.2, 0.25) is 0 Å². The first-order valence-electron chi connectivity index (χ1n) is 5.46. The van der Waals surface area contributed by atoms with E-state index in [1.807, 2.05) is 18.2 Å². The number of β-amino-alcohol motifs (C(OH)–C–C–N with tert-alkyl or cyclic N) is 1. The largest absolute Gasteiger partial charge is 0.387 e. The fourth-order valence-corrected chi connectivity index (χ4v) is 1.92. The monoisotopic (exact) mass is 278 g/mol. The molecule has 1 saturated heterocycles. The summed E-state index contributed by atoms with van der Waals surface area (Å²) in [7, 11) is 0. The summed E-state index contributed by atoms with van der Waals surface area (Å²) in [5.74, 6) is 0. The molecule has 1 aliphatic heterocycles. The predicted octanol–water partition coefficient (Wildman–Crippen LogP) is 1.34. The molecule has 0 saturated carbocycles. The molecule has 5 heteroatoms. The van der Waals surface area contributed by atoms with Crippen LogP contribution in [0.3, 0.4) is 0 Å². The molecule has 1 heterocycles. The summed E-state index contributed by atoms with van der Waals surface area (Å²) in [5, 5.41) is 16.5. The van der Waals surface area contributed by atoms with Crippen molar-refractivity contribution < 1.29 is 5.11 Å². The summed E-state index contributed by atoms with van der Waals surface area (Å²) in [6.07, 6.45) is 0.842. The summed E-state index contributed by atoms with van der Waals surface area (Å²) in [5.41, 5.74) is 0.710. The van der Waals surface area contributed by atoms with Crippen LogP contribution < -0.4 is 10.6 Å². The molecule has 1 unspecified atom stereocenters. The number of hydrogen-bond donors (Lipinski definition) is 3. The lowest BCUT2D eigenvalue weighted by Crippen LogP contribution is -2.42. The average Bonchev–Trinajstić information content (AvgIpc) is 2.67. The van der Waals surface area contributed by atoms with Crippen molar-refractivity contribution in [1.82, 2.24) is 10.6 Å². The van der Waals surface area contributed by atoms with Crippen LogP contribution >= 0.6 is 24.8 Å². The smallest absolute Gasteiger partial charge is 0.0907 e. The van der Waals surface area contributed by atoms with Gasteiger partial charge in [0.25, 0.3) is 0 Å². The first-order valence-corrected chi connectivity index (χ1v) is 5.46. The lowest BCUT2D eigenvalue weighted by atomic mass is 10.0. The van der Waals surface area contributed by atoms with Gasteiger partial charge < -0.3 is 15.7 Å². The van der Waals surface area contributed by atoms with Crippen LogP contribution in [0, 0.1) is 0 Å². The van der Waals surface area contributed by atoms with Crippen molar-refractivity contribution in [3.63, 3.8) is 0 Å². The van der Waals surface area contributed by atoms with Crippen molar-refractivity contribution in [3.8, 4) is 0 Å². The molecule has 0 amide bonds. The van der Waals surface area contributed by atoms with E-state index in [1.165, 1.54) is 5.56 Å². The van der Waals surface area contributed by atoms with Crippen LogP contribution in [0.25, 0.3) is 0 Å². The highest BCUT2D eigenvalue weighted by Crippen LogP contribution is 2.12. The third kappa shape index (κ3) is 5.23. The molecule has 0 bridgehead atoms. The molecule has 0 radical (unpaired) electrons. The van der Waals surface area contributed by atoms with E-state index in [0.29, 0.717) is 13.1 Å². The van der Waals surface area contributed by atoms with Gasteiger partial charge in [-0.25, -0.2) is 0 Å². The summed E-state index contributed by atoms with van der Waals surface area (Å²) in [6.45, 7) is 3.11. The molecule has 1 aromatic carbocycles. The van der Waals surface area contributed by atoms with Crippen molar-refractivity contribution in [3.05, 3.63) is 35.9 Å². The summed E-state index contributed by atoms with van der Waals surface area (Å²) in [6, 6.07) is 10.2. The second kappa shape index (κ2) is 7.90. The number of hydrogen-bond acceptors (Lipinski definition) is 3. The Morgan fingerprint density at radius 1 is 1.24 bits per heavy atom. The number of aliphatic hydroxyl groups is 1. The highest BCUT2D eigenvalue weighted by Gasteiger charge is 2.30. The van der Waals surface area contributed by atoms with Crippen molar-refractivity contribution >= 4 is 24.8 Å². The Balaban J connectivity index is 0.00000128. The second-order valence-corrected chi connectivity index (χ2v) is 4.24. The zero-order valence-electron chi connectivity index (χ0n) is 9.69. The first kappa shape index (κ1) is 16.7. The molecular weight excluding hydrogens is 259 g/mol. The first-order chi connectivity index (χ1) is 7.29. The lowest BCUT2D eigenvalue weighted by molar-refractivity contribution is 0.0609. The number of nitrogens with one attached hydrogen (secondary N) is 2. The van der Waals surface area contributed by atoms with Crippen LogP contribution in [0.1, 0.15) is 12.0 Å². The second-order valence-electron chi connectivity index (χ2n) is 4.24. The molecule has 0 aromatic heterocycles. The topological polar surface area (TPSA) is 44.3 Å². The molecule has 0 aliphatic carbocycles. The standard InChI is InChI=1S/C12H18N2O.2ClH/c15-12(6-7-13-9-12)10-14-8-11-4-2-1-3-5-11;;/h1-5,13-15H,6-10H2;2*1H. The van der Waals surface area contributed by atoms with Crippen LogP contribution in [0.15, 0.2) is 30.3 Å². The van der Waals surface area contributed by atoms with Crippen molar-refractivity contribution in [2.75, 3.05) is 19.6 Å². The number of rotatable bonds is 4. The fourth-order valence-electron chi connectivity index (χ4n) is 1.92. The normalized spacial score (nSPS) is 22.6. The minimum Gasteiger partial charge on any atom is -0.387 e.